The minimum Gasteiger partial charge on any atom is -0.487 e. The third kappa shape index (κ3) is 3.24. The van der Waals surface area contributed by atoms with E-state index in [4.69, 9.17) is 9.15 Å². The molecule has 4 heteroatoms. The third-order valence-electron chi connectivity index (χ3n) is 2.64. The molecule has 1 aromatic heterocycles. The zero-order valence-corrected chi connectivity index (χ0v) is 10.7. The fourth-order valence-corrected chi connectivity index (χ4v) is 1.70. The average Bonchev–Trinajstić information content (AvgIpc) is 2.82. The molecule has 0 radical (unpaired) electrons. The van der Waals surface area contributed by atoms with E-state index in [0.29, 0.717) is 18.3 Å². The number of furan rings is 1. The zero-order valence-electron chi connectivity index (χ0n) is 10.7. The van der Waals surface area contributed by atoms with E-state index in [-0.39, 0.29) is 6.61 Å². The largest absolute Gasteiger partial charge is 0.487 e. The van der Waals surface area contributed by atoms with Gasteiger partial charge in [0.1, 0.15) is 12.7 Å². The third-order valence-corrected chi connectivity index (χ3v) is 2.64. The number of para-hydroxylation sites is 1. The van der Waals surface area contributed by atoms with Crippen molar-refractivity contribution in [2.75, 3.05) is 13.2 Å². The van der Waals surface area contributed by atoms with E-state index in [1.807, 2.05) is 38.1 Å². The van der Waals surface area contributed by atoms with Crippen molar-refractivity contribution in [2.45, 2.75) is 26.0 Å². The van der Waals surface area contributed by atoms with E-state index in [1.165, 1.54) is 0 Å². The molecular formula is C14H19NO3. The van der Waals surface area contributed by atoms with Crippen LogP contribution in [-0.4, -0.2) is 30.4 Å². The summed E-state index contributed by atoms with van der Waals surface area (Å²) in [7, 11) is 0. The molecular weight excluding hydrogens is 230 g/mol. The van der Waals surface area contributed by atoms with Gasteiger partial charge in [0.25, 0.3) is 0 Å². The van der Waals surface area contributed by atoms with Crippen LogP contribution in [-0.2, 0) is 0 Å². The Morgan fingerprint density at radius 2 is 2.17 bits per heavy atom. The Bertz CT molecular complexity index is 492. The number of benzene rings is 1. The number of hydrogen-bond donors (Lipinski definition) is 2. The van der Waals surface area contributed by atoms with E-state index in [2.05, 4.69) is 5.32 Å². The minimum atomic E-state index is -0.530. The summed E-state index contributed by atoms with van der Waals surface area (Å²) in [6, 6.07) is 7.95. The van der Waals surface area contributed by atoms with Crippen molar-refractivity contribution in [1.29, 1.82) is 0 Å². The first kappa shape index (κ1) is 12.9. The molecule has 4 nitrogen and oxygen atoms in total. The van der Waals surface area contributed by atoms with Crippen LogP contribution >= 0.6 is 0 Å². The summed E-state index contributed by atoms with van der Waals surface area (Å²) < 4.78 is 10.9. The van der Waals surface area contributed by atoms with Crippen LogP contribution in [0, 0.1) is 0 Å². The highest BCUT2D eigenvalue weighted by molar-refractivity contribution is 5.82. The molecule has 0 aliphatic rings. The molecule has 1 aromatic carbocycles. The first-order chi connectivity index (χ1) is 8.66. The SMILES string of the molecule is CC(C)NC[C@H](O)COc1cccc2ccoc12. The number of nitrogens with one attached hydrogen (secondary N) is 1. The first-order valence-corrected chi connectivity index (χ1v) is 6.17. The summed E-state index contributed by atoms with van der Waals surface area (Å²) in [5.41, 5.74) is 0.724. The predicted octanol–water partition coefficient (Wildman–Crippen LogP) is 2.17. The van der Waals surface area contributed by atoms with Gasteiger partial charge in [0, 0.05) is 18.0 Å². The smallest absolute Gasteiger partial charge is 0.175 e. The summed E-state index contributed by atoms with van der Waals surface area (Å²) in [4.78, 5) is 0. The fourth-order valence-electron chi connectivity index (χ4n) is 1.70. The van der Waals surface area contributed by atoms with Crippen LogP contribution in [0.3, 0.4) is 0 Å². The summed E-state index contributed by atoms with van der Waals surface area (Å²) in [5, 5.41) is 13.9. The van der Waals surface area contributed by atoms with Crippen molar-refractivity contribution in [2.24, 2.45) is 0 Å². The molecule has 0 aliphatic carbocycles. The lowest BCUT2D eigenvalue weighted by Gasteiger charge is -2.15. The Hall–Kier alpha value is -1.52. The number of hydrogen-bond acceptors (Lipinski definition) is 4. The van der Waals surface area contributed by atoms with Crippen molar-refractivity contribution >= 4 is 11.0 Å². The molecule has 2 rings (SSSR count). The van der Waals surface area contributed by atoms with E-state index < -0.39 is 6.10 Å². The standard InChI is InChI=1S/C14H19NO3/c1-10(2)15-8-12(16)9-18-13-5-3-4-11-6-7-17-14(11)13/h3-7,10,12,15-16H,8-9H2,1-2H3/t12-/m0/s1. The number of aliphatic hydroxyl groups is 1. The van der Waals surface area contributed by atoms with Gasteiger partial charge in [-0.2, -0.15) is 0 Å². The van der Waals surface area contributed by atoms with Gasteiger partial charge in [-0.3, -0.25) is 0 Å². The van der Waals surface area contributed by atoms with Crippen molar-refractivity contribution in [3.63, 3.8) is 0 Å². The second kappa shape index (κ2) is 5.89. The van der Waals surface area contributed by atoms with Gasteiger partial charge in [0.05, 0.1) is 6.26 Å². The molecule has 0 amide bonds. The van der Waals surface area contributed by atoms with Crippen molar-refractivity contribution in [1.82, 2.24) is 5.32 Å². The van der Waals surface area contributed by atoms with Crippen molar-refractivity contribution < 1.29 is 14.3 Å². The van der Waals surface area contributed by atoms with Crippen LogP contribution in [0.5, 0.6) is 5.75 Å². The van der Waals surface area contributed by atoms with Gasteiger partial charge in [-0.1, -0.05) is 26.0 Å². The van der Waals surface area contributed by atoms with Crippen LogP contribution in [0.2, 0.25) is 0 Å². The lowest BCUT2D eigenvalue weighted by molar-refractivity contribution is 0.105. The zero-order chi connectivity index (χ0) is 13.0. The summed E-state index contributed by atoms with van der Waals surface area (Å²) >= 11 is 0. The number of fused-ring (bicyclic) bond motifs is 1. The molecule has 0 aliphatic heterocycles. The summed E-state index contributed by atoms with van der Waals surface area (Å²) in [6.45, 7) is 4.85. The van der Waals surface area contributed by atoms with Gasteiger partial charge in [-0.25, -0.2) is 0 Å². The van der Waals surface area contributed by atoms with Gasteiger partial charge in [0.2, 0.25) is 0 Å². The average molecular weight is 249 g/mol. The normalized spacial score (nSPS) is 13.1. The highest BCUT2D eigenvalue weighted by atomic mass is 16.5. The lowest BCUT2D eigenvalue weighted by atomic mass is 10.2. The van der Waals surface area contributed by atoms with Crippen LogP contribution in [0.15, 0.2) is 34.9 Å². The van der Waals surface area contributed by atoms with Crippen molar-refractivity contribution in [3.05, 3.63) is 30.5 Å². The Kier molecular flexibility index (Phi) is 4.23. The topological polar surface area (TPSA) is 54.6 Å². The Balaban J connectivity index is 1.91. The lowest BCUT2D eigenvalue weighted by Crippen LogP contribution is -2.35. The monoisotopic (exact) mass is 249 g/mol. The van der Waals surface area contributed by atoms with E-state index in [9.17, 15) is 5.11 Å². The molecule has 0 bridgehead atoms. The number of aliphatic hydroxyl groups excluding tert-OH is 1. The summed E-state index contributed by atoms with van der Waals surface area (Å²) in [6.07, 6.45) is 1.10. The summed E-state index contributed by atoms with van der Waals surface area (Å²) in [5.74, 6) is 0.668. The molecule has 1 heterocycles. The fraction of sp³-hybridized carbons (Fsp3) is 0.429. The molecule has 98 valence electrons. The molecule has 0 fully saturated rings. The Morgan fingerprint density at radius 1 is 1.33 bits per heavy atom. The molecule has 2 aromatic rings. The van der Waals surface area contributed by atoms with Gasteiger partial charge in [-0.05, 0) is 12.1 Å². The van der Waals surface area contributed by atoms with E-state index in [0.717, 1.165) is 11.0 Å². The maximum Gasteiger partial charge on any atom is 0.175 e. The predicted molar refractivity (Wildman–Crippen MR) is 70.9 cm³/mol. The maximum absolute atomic E-state index is 9.76. The van der Waals surface area contributed by atoms with Gasteiger partial charge in [0.15, 0.2) is 11.3 Å². The Labute approximate surface area is 107 Å². The van der Waals surface area contributed by atoms with E-state index in [1.54, 1.807) is 6.26 Å². The van der Waals surface area contributed by atoms with Crippen LogP contribution in [0.1, 0.15) is 13.8 Å². The second-order valence-electron chi connectivity index (χ2n) is 4.62. The van der Waals surface area contributed by atoms with Gasteiger partial charge >= 0.3 is 0 Å². The highest BCUT2D eigenvalue weighted by Crippen LogP contribution is 2.26. The highest BCUT2D eigenvalue weighted by Gasteiger charge is 2.09. The molecule has 18 heavy (non-hydrogen) atoms. The molecule has 0 saturated carbocycles. The molecule has 1 atom stereocenters. The Morgan fingerprint density at radius 3 is 2.94 bits per heavy atom. The molecule has 2 N–H and O–H groups in total. The first-order valence-electron chi connectivity index (χ1n) is 6.17. The maximum atomic E-state index is 9.76. The van der Waals surface area contributed by atoms with Crippen molar-refractivity contribution in [3.8, 4) is 5.75 Å². The quantitative estimate of drug-likeness (QED) is 0.824. The second-order valence-corrected chi connectivity index (χ2v) is 4.62. The van der Waals surface area contributed by atoms with Gasteiger partial charge in [-0.15, -0.1) is 0 Å². The number of rotatable bonds is 6. The van der Waals surface area contributed by atoms with E-state index >= 15 is 0 Å². The van der Waals surface area contributed by atoms with Crippen LogP contribution in [0.4, 0.5) is 0 Å². The van der Waals surface area contributed by atoms with Crippen LogP contribution in [0.25, 0.3) is 11.0 Å². The molecule has 0 unspecified atom stereocenters. The number of ether oxygens (including phenoxy) is 1. The van der Waals surface area contributed by atoms with Gasteiger partial charge < -0.3 is 19.6 Å². The van der Waals surface area contributed by atoms with Crippen LogP contribution < -0.4 is 10.1 Å². The molecule has 0 saturated heterocycles. The molecule has 0 spiro atoms. The minimum absolute atomic E-state index is 0.250.